The molecule has 0 atom stereocenters. The molecule has 2 aromatic rings. The molecule has 1 aliphatic heterocycles. The predicted molar refractivity (Wildman–Crippen MR) is 140 cm³/mol. The summed E-state index contributed by atoms with van der Waals surface area (Å²) in [6, 6.07) is 11.5. The summed E-state index contributed by atoms with van der Waals surface area (Å²) in [5.74, 6) is -1.35. The van der Waals surface area contributed by atoms with Crippen LogP contribution in [0.3, 0.4) is 0 Å². The number of benzene rings is 2. The minimum Gasteiger partial charge on any atom is -0.369 e. The number of amidine groups is 1. The molecule has 3 rings (SSSR count). The summed E-state index contributed by atoms with van der Waals surface area (Å²) < 4.78 is 26.7. The normalized spacial score (nSPS) is 13.1. The lowest BCUT2D eigenvalue weighted by Crippen LogP contribution is -2.46. The topological polar surface area (TPSA) is 154 Å². The van der Waals surface area contributed by atoms with Crippen molar-refractivity contribution in [2.75, 3.05) is 39.8 Å². The van der Waals surface area contributed by atoms with Gasteiger partial charge in [-0.05, 0) is 17.7 Å². The second-order valence-electron chi connectivity index (χ2n) is 8.17. The van der Waals surface area contributed by atoms with Crippen LogP contribution in [0.4, 0.5) is 0 Å². The number of hydrogen-bond acceptors (Lipinski definition) is 7. The van der Waals surface area contributed by atoms with Crippen LogP contribution >= 0.6 is 23.2 Å². The van der Waals surface area contributed by atoms with Crippen molar-refractivity contribution in [1.29, 1.82) is 0 Å². The van der Waals surface area contributed by atoms with Gasteiger partial charge in [0.2, 0.25) is 27.7 Å². The smallest absolute Gasteiger partial charge is 0.245 e. The number of rotatable bonds is 11. The first-order chi connectivity index (χ1) is 17.5. The summed E-state index contributed by atoms with van der Waals surface area (Å²) in [4.78, 5) is 41.9. The number of sulfonamides is 1. The molecule has 14 heteroatoms. The molecular formula is C23H26Cl2N6O5S. The predicted octanol–water partition coefficient (Wildman–Crippen LogP) is 0.594. The van der Waals surface area contributed by atoms with Crippen molar-refractivity contribution < 1.29 is 22.8 Å². The summed E-state index contributed by atoms with van der Waals surface area (Å²) in [6.07, 6.45) is 0. The van der Waals surface area contributed by atoms with Gasteiger partial charge < -0.3 is 21.3 Å². The van der Waals surface area contributed by atoms with E-state index in [4.69, 9.17) is 28.9 Å². The Bertz CT molecular complexity index is 1320. The lowest BCUT2D eigenvalue weighted by molar-refractivity contribution is -0.132. The van der Waals surface area contributed by atoms with Gasteiger partial charge in [0.1, 0.15) is 10.7 Å². The van der Waals surface area contributed by atoms with Crippen LogP contribution in [0.15, 0.2) is 52.4 Å². The Kier molecular flexibility index (Phi) is 9.49. The van der Waals surface area contributed by atoms with Gasteiger partial charge in [-0.15, -0.1) is 0 Å². The average molecular weight is 569 g/mol. The third-order valence-corrected chi connectivity index (χ3v) is 8.13. The van der Waals surface area contributed by atoms with Gasteiger partial charge in [-0.25, -0.2) is 8.42 Å². The highest BCUT2D eigenvalue weighted by molar-refractivity contribution is 7.89. The molecule has 0 saturated heterocycles. The Morgan fingerprint density at radius 2 is 1.81 bits per heavy atom. The molecular weight excluding hydrogens is 543 g/mol. The quantitative estimate of drug-likeness (QED) is 0.360. The first kappa shape index (κ1) is 28.4. The second-order valence-corrected chi connectivity index (χ2v) is 10.9. The van der Waals surface area contributed by atoms with E-state index < -0.39 is 40.8 Å². The summed E-state index contributed by atoms with van der Waals surface area (Å²) in [5, 5.41) is 5.30. The molecule has 0 spiro atoms. The maximum Gasteiger partial charge on any atom is 0.245 e. The van der Waals surface area contributed by atoms with Gasteiger partial charge in [0.25, 0.3) is 0 Å². The molecule has 37 heavy (non-hydrogen) atoms. The number of amides is 3. The van der Waals surface area contributed by atoms with Gasteiger partial charge in [0.05, 0.1) is 36.2 Å². The minimum absolute atomic E-state index is 0.0153. The number of halogens is 2. The SMILES string of the molecule is CN(Cc1ccc(C2=NCCN2)cc1)C(=O)CNC(=O)CN(CC(N)=O)S(=O)(=O)c1cccc(Cl)c1Cl. The Labute approximate surface area is 224 Å². The largest absolute Gasteiger partial charge is 0.369 e. The number of carbonyl (C=O) groups is 3. The highest BCUT2D eigenvalue weighted by Crippen LogP contribution is 2.30. The van der Waals surface area contributed by atoms with Crippen molar-refractivity contribution >= 4 is 56.8 Å². The molecule has 0 radical (unpaired) electrons. The highest BCUT2D eigenvalue weighted by atomic mass is 35.5. The van der Waals surface area contributed by atoms with Gasteiger partial charge in [-0.3, -0.25) is 19.4 Å². The van der Waals surface area contributed by atoms with E-state index in [0.717, 1.165) is 30.1 Å². The Morgan fingerprint density at radius 3 is 2.43 bits per heavy atom. The van der Waals surface area contributed by atoms with E-state index in [9.17, 15) is 22.8 Å². The zero-order valence-electron chi connectivity index (χ0n) is 19.9. The fourth-order valence-corrected chi connectivity index (χ4v) is 5.57. The van der Waals surface area contributed by atoms with Crippen molar-refractivity contribution in [1.82, 2.24) is 19.8 Å². The molecule has 1 heterocycles. The van der Waals surface area contributed by atoms with Crippen LogP contribution in [0, 0.1) is 0 Å². The molecule has 0 aromatic heterocycles. The van der Waals surface area contributed by atoms with Crippen LogP contribution in [-0.4, -0.2) is 81.0 Å². The van der Waals surface area contributed by atoms with E-state index in [1.54, 1.807) is 7.05 Å². The van der Waals surface area contributed by atoms with Crippen LogP contribution < -0.4 is 16.4 Å². The lowest BCUT2D eigenvalue weighted by Gasteiger charge is -2.22. The Hall–Kier alpha value is -3.19. The number of nitrogens with zero attached hydrogens (tertiary/aromatic N) is 3. The van der Waals surface area contributed by atoms with Crippen LogP contribution in [0.5, 0.6) is 0 Å². The molecule has 2 aromatic carbocycles. The van der Waals surface area contributed by atoms with E-state index in [1.165, 1.54) is 23.1 Å². The Morgan fingerprint density at radius 1 is 1.11 bits per heavy atom. The number of aliphatic imine (C=N–C) groups is 1. The number of nitrogens with one attached hydrogen (secondary N) is 2. The monoisotopic (exact) mass is 568 g/mol. The van der Waals surface area contributed by atoms with E-state index >= 15 is 0 Å². The van der Waals surface area contributed by atoms with Crippen LogP contribution in [0.2, 0.25) is 10.0 Å². The molecule has 4 N–H and O–H groups in total. The standard InChI is InChI=1S/C23H26Cl2N6O5S/c1-30(12-15-5-7-16(8-6-15)23-27-9-10-28-23)21(34)11-29-20(33)14-31(13-19(26)32)37(35,36)18-4-2-3-17(24)22(18)25/h2-8H,9-14H2,1H3,(H2,26,32)(H,27,28)(H,29,33). The first-order valence-electron chi connectivity index (χ1n) is 11.1. The number of hydrogen-bond donors (Lipinski definition) is 3. The summed E-state index contributed by atoms with van der Waals surface area (Å²) in [7, 11) is -2.82. The third kappa shape index (κ3) is 7.41. The lowest BCUT2D eigenvalue weighted by atomic mass is 10.1. The molecule has 0 saturated carbocycles. The molecule has 3 amide bonds. The number of nitrogens with two attached hydrogens (primary N) is 1. The first-order valence-corrected chi connectivity index (χ1v) is 13.3. The van der Waals surface area contributed by atoms with Crippen molar-refractivity contribution in [3.05, 3.63) is 63.6 Å². The molecule has 11 nitrogen and oxygen atoms in total. The summed E-state index contributed by atoms with van der Waals surface area (Å²) in [5.41, 5.74) is 7.02. The fraction of sp³-hybridized carbons (Fsp3) is 0.304. The molecule has 0 fully saturated rings. The van der Waals surface area contributed by atoms with E-state index in [0.29, 0.717) is 10.8 Å². The van der Waals surface area contributed by atoms with Crippen LogP contribution in [0.1, 0.15) is 11.1 Å². The van der Waals surface area contributed by atoms with Gasteiger partial charge in [0, 0.05) is 25.7 Å². The number of likely N-dealkylation sites (N-methyl/N-ethyl adjacent to an activating group) is 1. The van der Waals surface area contributed by atoms with Crippen molar-refractivity contribution in [3.8, 4) is 0 Å². The number of carbonyl (C=O) groups excluding carboxylic acids is 3. The summed E-state index contributed by atoms with van der Waals surface area (Å²) in [6.45, 7) is -0.0725. The van der Waals surface area contributed by atoms with Gasteiger partial charge in [-0.1, -0.05) is 53.5 Å². The molecule has 198 valence electrons. The molecule has 1 aliphatic rings. The molecule has 0 aliphatic carbocycles. The highest BCUT2D eigenvalue weighted by Gasteiger charge is 2.30. The summed E-state index contributed by atoms with van der Waals surface area (Å²) >= 11 is 11.9. The third-order valence-electron chi connectivity index (χ3n) is 5.37. The van der Waals surface area contributed by atoms with Crippen LogP contribution in [-0.2, 0) is 31.0 Å². The van der Waals surface area contributed by atoms with E-state index in [2.05, 4.69) is 15.6 Å². The van der Waals surface area contributed by atoms with Crippen LogP contribution in [0.25, 0.3) is 0 Å². The zero-order valence-corrected chi connectivity index (χ0v) is 22.2. The van der Waals surface area contributed by atoms with Gasteiger partial charge in [0.15, 0.2) is 0 Å². The average Bonchev–Trinajstić information content (AvgIpc) is 3.39. The van der Waals surface area contributed by atoms with Gasteiger partial charge in [-0.2, -0.15) is 4.31 Å². The molecule has 0 unspecified atom stereocenters. The maximum atomic E-state index is 13.0. The van der Waals surface area contributed by atoms with E-state index in [-0.39, 0.29) is 21.5 Å². The fourth-order valence-electron chi connectivity index (χ4n) is 3.47. The zero-order chi connectivity index (χ0) is 27.2. The van der Waals surface area contributed by atoms with E-state index in [1.807, 2.05) is 24.3 Å². The second kappa shape index (κ2) is 12.4. The maximum absolute atomic E-state index is 13.0. The van der Waals surface area contributed by atoms with Crippen molar-refractivity contribution in [3.63, 3.8) is 0 Å². The van der Waals surface area contributed by atoms with Crippen molar-refractivity contribution in [2.45, 2.75) is 11.4 Å². The number of primary amides is 1. The molecule has 0 bridgehead atoms. The Balaban J connectivity index is 1.58. The van der Waals surface area contributed by atoms with Gasteiger partial charge >= 0.3 is 0 Å². The minimum atomic E-state index is -4.40. The van der Waals surface area contributed by atoms with Crippen molar-refractivity contribution in [2.24, 2.45) is 10.7 Å².